The Bertz CT molecular complexity index is 457. The predicted molar refractivity (Wildman–Crippen MR) is 90.3 cm³/mol. The number of aryl methyl sites for hydroxylation is 3. The van der Waals surface area contributed by atoms with Gasteiger partial charge in [-0.3, -0.25) is 9.69 Å². The minimum atomic E-state index is 0.247. The smallest absolute Gasteiger partial charge is 0.177 e. The first-order valence-corrected chi connectivity index (χ1v) is 7.83. The van der Waals surface area contributed by atoms with Crippen LogP contribution in [0.3, 0.4) is 0 Å². The summed E-state index contributed by atoms with van der Waals surface area (Å²) in [5, 5.41) is 0. The zero-order valence-electron chi connectivity index (χ0n) is 14.5. The van der Waals surface area contributed by atoms with Crippen molar-refractivity contribution < 1.29 is 4.79 Å². The Hall–Kier alpha value is -1.19. The standard InChI is InChI=1S/C18H30N2O/c1-7-8-20(10-9-19(5)6)13-17(21)18-15(3)11-14(2)12-16(18)4/h11-12H,7-10,13H2,1-6H3. The molecule has 3 nitrogen and oxygen atoms in total. The van der Waals surface area contributed by atoms with Gasteiger partial charge in [0, 0.05) is 18.7 Å². The van der Waals surface area contributed by atoms with E-state index in [1.54, 1.807) is 0 Å². The van der Waals surface area contributed by atoms with Gasteiger partial charge in [0.25, 0.3) is 0 Å². The Morgan fingerprint density at radius 1 is 1.00 bits per heavy atom. The van der Waals surface area contributed by atoms with E-state index in [4.69, 9.17) is 0 Å². The van der Waals surface area contributed by atoms with E-state index in [0.29, 0.717) is 6.54 Å². The number of likely N-dealkylation sites (N-methyl/N-ethyl adjacent to an activating group) is 1. The van der Waals surface area contributed by atoms with E-state index in [0.717, 1.165) is 42.7 Å². The van der Waals surface area contributed by atoms with Gasteiger partial charge < -0.3 is 4.90 Å². The highest BCUT2D eigenvalue weighted by Crippen LogP contribution is 2.17. The first-order chi connectivity index (χ1) is 9.85. The molecule has 0 spiro atoms. The molecule has 0 aliphatic rings. The van der Waals surface area contributed by atoms with Crippen LogP contribution in [-0.2, 0) is 0 Å². The van der Waals surface area contributed by atoms with Crippen molar-refractivity contribution in [3.8, 4) is 0 Å². The van der Waals surface area contributed by atoms with Crippen molar-refractivity contribution in [1.82, 2.24) is 9.80 Å². The average Bonchev–Trinajstić information content (AvgIpc) is 2.34. The summed E-state index contributed by atoms with van der Waals surface area (Å²) >= 11 is 0. The van der Waals surface area contributed by atoms with Gasteiger partial charge in [0.1, 0.15) is 0 Å². The topological polar surface area (TPSA) is 23.6 Å². The molecule has 21 heavy (non-hydrogen) atoms. The summed E-state index contributed by atoms with van der Waals surface area (Å²) in [5.74, 6) is 0.247. The van der Waals surface area contributed by atoms with Gasteiger partial charge in [0.15, 0.2) is 5.78 Å². The fourth-order valence-corrected chi connectivity index (χ4v) is 2.83. The van der Waals surface area contributed by atoms with Crippen LogP contribution in [0.5, 0.6) is 0 Å². The number of hydrogen-bond acceptors (Lipinski definition) is 3. The van der Waals surface area contributed by atoms with Crippen LogP contribution < -0.4 is 0 Å². The molecule has 0 saturated carbocycles. The second kappa shape index (κ2) is 8.30. The van der Waals surface area contributed by atoms with Crippen LogP contribution in [0.15, 0.2) is 12.1 Å². The summed E-state index contributed by atoms with van der Waals surface area (Å²) in [5.41, 5.74) is 4.33. The lowest BCUT2D eigenvalue weighted by Gasteiger charge is -2.23. The minimum Gasteiger partial charge on any atom is -0.308 e. The lowest BCUT2D eigenvalue weighted by molar-refractivity contribution is 0.0924. The summed E-state index contributed by atoms with van der Waals surface area (Å²) in [4.78, 5) is 17.1. The van der Waals surface area contributed by atoms with Crippen LogP contribution in [-0.4, -0.2) is 55.9 Å². The van der Waals surface area contributed by atoms with Gasteiger partial charge in [0.05, 0.1) is 6.54 Å². The second-order valence-corrected chi connectivity index (χ2v) is 6.28. The van der Waals surface area contributed by atoms with Crippen LogP contribution in [0.1, 0.15) is 40.4 Å². The molecule has 0 fully saturated rings. The SMILES string of the molecule is CCCN(CCN(C)C)CC(=O)c1c(C)cc(C)cc1C. The molecule has 3 heteroatoms. The van der Waals surface area contributed by atoms with Crippen molar-refractivity contribution >= 4 is 5.78 Å². The van der Waals surface area contributed by atoms with Gasteiger partial charge in [-0.25, -0.2) is 0 Å². The van der Waals surface area contributed by atoms with Gasteiger partial charge in [-0.2, -0.15) is 0 Å². The van der Waals surface area contributed by atoms with Crippen molar-refractivity contribution in [3.05, 3.63) is 34.4 Å². The molecule has 0 aromatic heterocycles. The van der Waals surface area contributed by atoms with E-state index in [1.807, 2.05) is 13.8 Å². The number of benzene rings is 1. The van der Waals surface area contributed by atoms with Gasteiger partial charge in [-0.15, -0.1) is 0 Å². The van der Waals surface area contributed by atoms with Gasteiger partial charge >= 0.3 is 0 Å². The first kappa shape index (κ1) is 17.9. The summed E-state index contributed by atoms with van der Waals surface area (Å²) in [6.07, 6.45) is 1.08. The molecule has 1 aromatic rings. The van der Waals surface area contributed by atoms with Crippen molar-refractivity contribution in [2.45, 2.75) is 34.1 Å². The van der Waals surface area contributed by atoms with Crippen LogP contribution in [0.4, 0.5) is 0 Å². The third-order valence-corrected chi connectivity index (χ3v) is 3.73. The highest BCUT2D eigenvalue weighted by atomic mass is 16.1. The van der Waals surface area contributed by atoms with Crippen LogP contribution >= 0.6 is 0 Å². The molecule has 0 saturated heterocycles. The Kier molecular flexibility index (Phi) is 7.06. The fourth-order valence-electron chi connectivity index (χ4n) is 2.83. The molecule has 118 valence electrons. The molecule has 0 atom stereocenters. The largest absolute Gasteiger partial charge is 0.308 e. The molecule has 0 unspecified atom stereocenters. The highest BCUT2D eigenvalue weighted by molar-refractivity contribution is 6.00. The Labute approximate surface area is 129 Å². The van der Waals surface area contributed by atoms with E-state index >= 15 is 0 Å². The number of carbonyl (C=O) groups is 1. The summed E-state index contributed by atoms with van der Waals surface area (Å²) < 4.78 is 0. The zero-order chi connectivity index (χ0) is 16.0. The third kappa shape index (κ3) is 5.60. The van der Waals surface area contributed by atoms with Gasteiger partial charge in [-0.1, -0.05) is 24.6 Å². The van der Waals surface area contributed by atoms with Crippen molar-refractivity contribution in [2.75, 3.05) is 40.3 Å². The Balaban J connectivity index is 2.82. The first-order valence-electron chi connectivity index (χ1n) is 7.83. The van der Waals surface area contributed by atoms with Crippen molar-refractivity contribution in [3.63, 3.8) is 0 Å². The lowest BCUT2D eigenvalue weighted by Crippen LogP contribution is -2.36. The number of nitrogens with zero attached hydrogens (tertiary/aromatic N) is 2. The van der Waals surface area contributed by atoms with Gasteiger partial charge in [0.2, 0.25) is 0 Å². The molecular formula is C18H30N2O. The van der Waals surface area contributed by atoms with Gasteiger partial charge in [-0.05, 0) is 59.0 Å². The quantitative estimate of drug-likeness (QED) is 0.688. The molecule has 1 rings (SSSR count). The average molecular weight is 290 g/mol. The normalized spacial score (nSPS) is 11.4. The summed E-state index contributed by atoms with van der Waals surface area (Å²) in [6.45, 7) is 11.7. The maximum absolute atomic E-state index is 12.7. The zero-order valence-corrected chi connectivity index (χ0v) is 14.5. The van der Waals surface area contributed by atoms with E-state index in [-0.39, 0.29) is 5.78 Å². The fraction of sp³-hybridized carbons (Fsp3) is 0.611. The van der Waals surface area contributed by atoms with Crippen LogP contribution in [0.2, 0.25) is 0 Å². The Morgan fingerprint density at radius 2 is 1.57 bits per heavy atom. The number of carbonyl (C=O) groups excluding carboxylic acids is 1. The van der Waals surface area contributed by atoms with Crippen molar-refractivity contribution in [1.29, 1.82) is 0 Å². The predicted octanol–water partition coefficient (Wildman–Crippen LogP) is 3.07. The summed E-state index contributed by atoms with van der Waals surface area (Å²) in [7, 11) is 4.14. The van der Waals surface area contributed by atoms with Crippen LogP contribution in [0.25, 0.3) is 0 Å². The highest BCUT2D eigenvalue weighted by Gasteiger charge is 2.16. The summed E-state index contributed by atoms with van der Waals surface area (Å²) in [6, 6.07) is 4.20. The molecule has 0 N–H and O–H groups in total. The Morgan fingerprint density at radius 3 is 2.05 bits per heavy atom. The van der Waals surface area contributed by atoms with E-state index in [9.17, 15) is 4.79 Å². The maximum Gasteiger partial charge on any atom is 0.177 e. The molecule has 1 aromatic carbocycles. The number of ketones is 1. The molecule has 0 amide bonds. The number of hydrogen-bond donors (Lipinski definition) is 0. The lowest BCUT2D eigenvalue weighted by atomic mass is 9.96. The van der Waals surface area contributed by atoms with Crippen molar-refractivity contribution in [2.24, 2.45) is 0 Å². The molecule has 0 bridgehead atoms. The number of rotatable bonds is 8. The molecular weight excluding hydrogens is 260 g/mol. The molecule has 0 aliphatic carbocycles. The number of Topliss-reactive ketones (excluding diaryl/α,β-unsaturated/α-hetero) is 1. The molecule has 0 radical (unpaired) electrons. The van der Waals surface area contributed by atoms with E-state index in [2.05, 4.69) is 49.9 Å². The second-order valence-electron chi connectivity index (χ2n) is 6.28. The monoisotopic (exact) mass is 290 g/mol. The molecule has 0 aliphatic heterocycles. The maximum atomic E-state index is 12.7. The van der Waals surface area contributed by atoms with E-state index < -0.39 is 0 Å². The molecule has 0 heterocycles. The van der Waals surface area contributed by atoms with E-state index in [1.165, 1.54) is 5.56 Å². The third-order valence-electron chi connectivity index (χ3n) is 3.73. The minimum absolute atomic E-state index is 0.247. The van der Waals surface area contributed by atoms with Crippen LogP contribution in [0, 0.1) is 20.8 Å².